The molecule has 3 aromatic rings. The lowest BCUT2D eigenvalue weighted by Crippen LogP contribution is -2.23. The van der Waals surface area contributed by atoms with Crippen LogP contribution in [0.2, 0.25) is 0 Å². The van der Waals surface area contributed by atoms with Gasteiger partial charge in [-0.2, -0.15) is 13.8 Å². The standard InChI is InChI=1S/C22H23F2N3O3/c1-14-6-3-4-7-16(14)17-8-5-11-27(17)13-20-25-21(26-30-20)15-9-10-18(29-22(23)24)19(12-15)28-2/h3-4,6-7,9-10,12,17,22H,5,8,11,13H2,1-2H3. The van der Waals surface area contributed by atoms with E-state index in [1.807, 2.05) is 6.07 Å². The van der Waals surface area contributed by atoms with Gasteiger partial charge >= 0.3 is 6.61 Å². The van der Waals surface area contributed by atoms with Crippen LogP contribution in [0, 0.1) is 6.92 Å². The number of methoxy groups -OCH3 is 1. The molecule has 1 aliphatic heterocycles. The van der Waals surface area contributed by atoms with Crippen molar-refractivity contribution in [1.29, 1.82) is 0 Å². The number of nitrogens with zero attached hydrogens (tertiary/aromatic N) is 3. The summed E-state index contributed by atoms with van der Waals surface area (Å²) in [5.41, 5.74) is 3.20. The van der Waals surface area contributed by atoms with Crippen LogP contribution in [0.4, 0.5) is 8.78 Å². The SMILES string of the molecule is COc1cc(-c2noc(CN3CCCC3c3ccccc3C)n2)ccc1OC(F)F. The molecule has 30 heavy (non-hydrogen) atoms. The van der Waals surface area contributed by atoms with Gasteiger partial charge in [0.1, 0.15) is 0 Å². The number of aromatic nitrogens is 2. The highest BCUT2D eigenvalue weighted by molar-refractivity contribution is 5.60. The Labute approximate surface area is 173 Å². The van der Waals surface area contributed by atoms with Crippen molar-refractivity contribution >= 4 is 0 Å². The smallest absolute Gasteiger partial charge is 0.387 e. The van der Waals surface area contributed by atoms with Crippen molar-refractivity contribution in [3.8, 4) is 22.9 Å². The first-order chi connectivity index (χ1) is 14.5. The summed E-state index contributed by atoms with van der Waals surface area (Å²) in [5, 5.41) is 4.05. The molecule has 158 valence electrons. The van der Waals surface area contributed by atoms with Gasteiger partial charge in [-0.15, -0.1) is 0 Å². The van der Waals surface area contributed by atoms with Crippen LogP contribution >= 0.6 is 0 Å². The van der Waals surface area contributed by atoms with E-state index in [1.165, 1.54) is 24.3 Å². The third-order valence-corrected chi connectivity index (χ3v) is 5.36. The molecule has 6 nitrogen and oxygen atoms in total. The fourth-order valence-electron chi connectivity index (χ4n) is 3.94. The maximum atomic E-state index is 12.5. The number of rotatable bonds is 7. The molecule has 1 aliphatic rings. The van der Waals surface area contributed by atoms with Crippen molar-refractivity contribution in [2.24, 2.45) is 0 Å². The van der Waals surface area contributed by atoms with E-state index in [0.29, 0.717) is 29.9 Å². The van der Waals surface area contributed by atoms with Gasteiger partial charge in [-0.1, -0.05) is 29.4 Å². The summed E-state index contributed by atoms with van der Waals surface area (Å²) in [7, 11) is 1.39. The Morgan fingerprint density at radius 2 is 2.03 bits per heavy atom. The van der Waals surface area contributed by atoms with Crippen LogP contribution in [-0.2, 0) is 6.54 Å². The minimum absolute atomic E-state index is 0.0434. The van der Waals surface area contributed by atoms with Gasteiger partial charge in [0.05, 0.1) is 13.7 Å². The Kier molecular flexibility index (Phi) is 5.94. The van der Waals surface area contributed by atoms with E-state index in [0.717, 1.165) is 19.4 Å². The zero-order valence-corrected chi connectivity index (χ0v) is 16.8. The van der Waals surface area contributed by atoms with E-state index >= 15 is 0 Å². The Hall–Kier alpha value is -3.00. The monoisotopic (exact) mass is 415 g/mol. The van der Waals surface area contributed by atoms with Crippen LogP contribution in [0.3, 0.4) is 0 Å². The molecule has 0 aliphatic carbocycles. The molecular formula is C22H23F2N3O3. The maximum Gasteiger partial charge on any atom is 0.387 e. The second-order valence-electron chi connectivity index (χ2n) is 7.24. The van der Waals surface area contributed by atoms with E-state index in [4.69, 9.17) is 9.26 Å². The summed E-state index contributed by atoms with van der Waals surface area (Å²) in [6.45, 7) is 0.717. The Morgan fingerprint density at radius 3 is 2.80 bits per heavy atom. The number of likely N-dealkylation sites (tertiary alicyclic amines) is 1. The lowest BCUT2D eigenvalue weighted by Gasteiger charge is -2.24. The summed E-state index contributed by atoms with van der Waals surface area (Å²) >= 11 is 0. The average Bonchev–Trinajstić information content (AvgIpc) is 3.38. The molecule has 1 saturated heterocycles. The third-order valence-electron chi connectivity index (χ3n) is 5.36. The summed E-state index contributed by atoms with van der Waals surface area (Å²) < 4.78 is 40.1. The van der Waals surface area contributed by atoms with Gasteiger partial charge in [0.15, 0.2) is 11.5 Å². The minimum Gasteiger partial charge on any atom is -0.493 e. The molecule has 1 aromatic heterocycles. The number of alkyl halides is 2. The van der Waals surface area contributed by atoms with Gasteiger partial charge in [0.25, 0.3) is 0 Å². The largest absolute Gasteiger partial charge is 0.493 e. The van der Waals surface area contributed by atoms with Gasteiger partial charge in [0.2, 0.25) is 11.7 Å². The molecule has 0 spiro atoms. The third kappa shape index (κ3) is 4.28. The topological polar surface area (TPSA) is 60.6 Å². The van der Waals surface area contributed by atoms with Crippen molar-refractivity contribution in [1.82, 2.24) is 15.0 Å². The molecule has 0 N–H and O–H groups in total. The van der Waals surface area contributed by atoms with E-state index in [-0.39, 0.29) is 11.5 Å². The molecule has 1 unspecified atom stereocenters. The van der Waals surface area contributed by atoms with E-state index < -0.39 is 6.61 Å². The lowest BCUT2D eigenvalue weighted by molar-refractivity contribution is -0.0512. The fourth-order valence-corrected chi connectivity index (χ4v) is 3.94. The Morgan fingerprint density at radius 1 is 1.20 bits per heavy atom. The molecule has 0 bridgehead atoms. The zero-order chi connectivity index (χ0) is 21.1. The molecule has 0 amide bonds. The molecule has 0 radical (unpaired) electrons. The van der Waals surface area contributed by atoms with Crippen molar-refractivity contribution < 1.29 is 22.8 Å². The van der Waals surface area contributed by atoms with Crippen LogP contribution in [0.1, 0.15) is 35.9 Å². The highest BCUT2D eigenvalue weighted by Crippen LogP contribution is 2.35. The van der Waals surface area contributed by atoms with Gasteiger partial charge in [-0.25, -0.2) is 0 Å². The lowest BCUT2D eigenvalue weighted by atomic mass is 9.99. The van der Waals surface area contributed by atoms with Gasteiger partial charge < -0.3 is 14.0 Å². The number of hydrogen-bond acceptors (Lipinski definition) is 6. The van der Waals surface area contributed by atoms with Crippen molar-refractivity contribution in [3.63, 3.8) is 0 Å². The zero-order valence-electron chi connectivity index (χ0n) is 16.8. The van der Waals surface area contributed by atoms with E-state index in [1.54, 1.807) is 12.1 Å². The first kappa shape index (κ1) is 20.3. The fraction of sp³-hybridized carbons (Fsp3) is 0.364. The minimum atomic E-state index is -2.93. The highest BCUT2D eigenvalue weighted by Gasteiger charge is 2.28. The van der Waals surface area contributed by atoms with Crippen LogP contribution in [0.25, 0.3) is 11.4 Å². The summed E-state index contributed by atoms with van der Waals surface area (Å²) in [6, 6.07) is 13.3. The van der Waals surface area contributed by atoms with E-state index in [2.05, 4.69) is 44.9 Å². The van der Waals surface area contributed by atoms with Gasteiger partial charge in [-0.05, 0) is 55.6 Å². The Bertz CT molecular complexity index is 1010. The molecule has 4 rings (SSSR count). The van der Waals surface area contributed by atoms with Gasteiger partial charge in [0, 0.05) is 11.6 Å². The number of ether oxygens (including phenoxy) is 2. The first-order valence-electron chi connectivity index (χ1n) is 9.80. The van der Waals surface area contributed by atoms with Crippen LogP contribution in [0.15, 0.2) is 47.0 Å². The predicted octanol–water partition coefficient (Wildman–Crippen LogP) is 4.99. The van der Waals surface area contributed by atoms with Crippen molar-refractivity contribution in [2.75, 3.05) is 13.7 Å². The first-order valence-corrected chi connectivity index (χ1v) is 9.80. The van der Waals surface area contributed by atoms with Gasteiger partial charge in [-0.3, -0.25) is 4.90 Å². The summed E-state index contributed by atoms with van der Waals surface area (Å²) in [6.07, 6.45) is 2.21. The molecule has 1 fully saturated rings. The maximum absolute atomic E-state index is 12.5. The summed E-state index contributed by atoms with van der Waals surface area (Å²) in [5.74, 6) is 1.02. The molecule has 0 saturated carbocycles. The molecule has 2 heterocycles. The second kappa shape index (κ2) is 8.79. The summed E-state index contributed by atoms with van der Waals surface area (Å²) in [4.78, 5) is 6.84. The van der Waals surface area contributed by atoms with Crippen molar-refractivity contribution in [3.05, 3.63) is 59.5 Å². The molecule has 2 aromatic carbocycles. The van der Waals surface area contributed by atoms with E-state index in [9.17, 15) is 8.78 Å². The second-order valence-corrected chi connectivity index (χ2v) is 7.24. The molecular weight excluding hydrogens is 392 g/mol. The number of hydrogen-bond donors (Lipinski definition) is 0. The average molecular weight is 415 g/mol. The Balaban J connectivity index is 1.51. The number of benzene rings is 2. The van der Waals surface area contributed by atoms with Crippen LogP contribution < -0.4 is 9.47 Å². The normalized spacial score (nSPS) is 16.9. The number of aryl methyl sites for hydroxylation is 1. The number of halogens is 2. The predicted molar refractivity (Wildman–Crippen MR) is 106 cm³/mol. The highest BCUT2D eigenvalue weighted by atomic mass is 19.3. The molecule has 8 heteroatoms. The van der Waals surface area contributed by atoms with Crippen LogP contribution in [0.5, 0.6) is 11.5 Å². The molecule has 1 atom stereocenters. The quantitative estimate of drug-likeness (QED) is 0.542. The van der Waals surface area contributed by atoms with Crippen molar-refractivity contribution in [2.45, 2.75) is 39.0 Å². The van der Waals surface area contributed by atoms with Crippen LogP contribution in [-0.4, -0.2) is 35.3 Å².